The van der Waals surface area contributed by atoms with Gasteiger partial charge in [-0.2, -0.15) is 5.26 Å². The Morgan fingerprint density at radius 2 is 2.31 bits per heavy atom. The van der Waals surface area contributed by atoms with Gasteiger partial charge in [0.05, 0.1) is 19.0 Å². The second-order valence-corrected chi connectivity index (χ2v) is 2.95. The first kappa shape index (κ1) is 11.9. The summed E-state index contributed by atoms with van der Waals surface area (Å²) in [7, 11) is 0. The number of amides is 1. The van der Waals surface area contributed by atoms with Crippen molar-refractivity contribution in [2.75, 3.05) is 13.1 Å². The fourth-order valence-corrected chi connectivity index (χ4v) is 0.732. The highest BCUT2D eigenvalue weighted by Crippen LogP contribution is 1.85. The van der Waals surface area contributed by atoms with E-state index >= 15 is 0 Å². The van der Waals surface area contributed by atoms with Crippen LogP contribution in [0.1, 0.15) is 26.7 Å². The molecule has 0 aliphatic rings. The summed E-state index contributed by atoms with van der Waals surface area (Å²) in [6.07, 6.45) is 1.38. The molecule has 0 aromatic carbocycles. The topological polar surface area (TPSA) is 64.9 Å². The maximum absolute atomic E-state index is 11.1. The monoisotopic (exact) mass is 183 g/mol. The smallest absolute Gasteiger partial charge is 0.233 e. The van der Waals surface area contributed by atoms with Crippen LogP contribution in [0.4, 0.5) is 0 Å². The Morgan fingerprint density at radius 3 is 2.85 bits per heavy atom. The molecule has 0 fully saturated rings. The van der Waals surface area contributed by atoms with Crippen molar-refractivity contribution in [3.8, 4) is 6.07 Å². The Hall–Kier alpha value is -1.08. The third kappa shape index (κ3) is 7.29. The SMILES string of the molecule is CCC(C)NCC(=O)NCCC#N. The van der Waals surface area contributed by atoms with Crippen molar-refractivity contribution in [1.29, 1.82) is 5.26 Å². The van der Waals surface area contributed by atoms with Crippen LogP contribution in [-0.4, -0.2) is 25.0 Å². The van der Waals surface area contributed by atoms with Crippen LogP contribution in [0.5, 0.6) is 0 Å². The lowest BCUT2D eigenvalue weighted by atomic mass is 10.2. The van der Waals surface area contributed by atoms with Gasteiger partial charge in [-0.1, -0.05) is 6.92 Å². The predicted molar refractivity (Wildman–Crippen MR) is 51.0 cm³/mol. The largest absolute Gasteiger partial charge is 0.354 e. The third-order valence-corrected chi connectivity index (χ3v) is 1.78. The lowest BCUT2D eigenvalue weighted by molar-refractivity contribution is -0.120. The van der Waals surface area contributed by atoms with Crippen molar-refractivity contribution < 1.29 is 4.79 Å². The van der Waals surface area contributed by atoms with E-state index < -0.39 is 0 Å². The molecule has 1 unspecified atom stereocenters. The Bertz CT molecular complexity index is 186. The minimum atomic E-state index is -0.0458. The molecule has 0 heterocycles. The van der Waals surface area contributed by atoms with Crippen molar-refractivity contribution in [1.82, 2.24) is 10.6 Å². The first-order valence-corrected chi connectivity index (χ1v) is 4.57. The zero-order chi connectivity index (χ0) is 10.1. The van der Waals surface area contributed by atoms with Crippen LogP contribution >= 0.6 is 0 Å². The van der Waals surface area contributed by atoms with Crippen LogP contribution in [0.3, 0.4) is 0 Å². The maximum Gasteiger partial charge on any atom is 0.233 e. The number of carbonyl (C=O) groups is 1. The van der Waals surface area contributed by atoms with Gasteiger partial charge in [0.1, 0.15) is 0 Å². The second kappa shape index (κ2) is 7.56. The highest BCUT2D eigenvalue weighted by molar-refractivity contribution is 5.77. The van der Waals surface area contributed by atoms with Crippen LogP contribution in [0.25, 0.3) is 0 Å². The van der Waals surface area contributed by atoms with E-state index in [2.05, 4.69) is 17.6 Å². The number of carbonyl (C=O) groups excluding carboxylic acids is 1. The molecule has 0 saturated carbocycles. The van der Waals surface area contributed by atoms with Crippen molar-refractivity contribution in [3.05, 3.63) is 0 Å². The summed E-state index contributed by atoms with van der Waals surface area (Å²) >= 11 is 0. The molecule has 0 aromatic heterocycles. The quantitative estimate of drug-likeness (QED) is 0.586. The van der Waals surface area contributed by atoms with Crippen molar-refractivity contribution >= 4 is 5.91 Å². The second-order valence-electron chi connectivity index (χ2n) is 2.95. The summed E-state index contributed by atoms with van der Waals surface area (Å²) in [5.41, 5.74) is 0. The van der Waals surface area contributed by atoms with Gasteiger partial charge in [-0.05, 0) is 13.3 Å². The molecule has 0 rings (SSSR count). The molecule has 2 N–H and O–H groups in total. The number of hydrogen-bond donors (Lipinski definition) is 2. The molecule has 0 aromatic rings. The zero-order valence-electron chi connectivity index (χ0n) is 8.26. The van der Waals surface area contributed by atoms with E-state index in [0.29, 0.717) is 25.6 Å². The number of rotatable bonds is 6. The van der Waals surface area contributed by atoms with Gasteiger partial charge in [-0.25, -0.2) is 0 Å². The molecule has 13 heavy (non-hydrogen) atoms. The minimum Gasteiger partial charge on any atom is -0.354 e. The van der Waals surface area contributed by atoms with E-state index in [1.807, 2.05) is 13.0 Å². The number of nitrogens with zero attached hydrogens (tertiary/aromatic N) is 1. The Balaban J connectivity index is 3.36. The lowest BCUT2D eigenvalue weighted by Gasteiger charge is -2.10. The molecule has 0 radical (unpaired) electrons. The van der Waals surface area contributed by atoms with Gasteiger partial charge in [0.15, 0.2) is 0 Å². The third-order valence-electron chi connectivity index (χ3n) is 1.78. The van der Waals surface area contributed by atoms with Crippen LogP contribution < -0.4 is 10.6 Å². The molecule has 0 saturated heterocycles. The van der Waals surface area contributed by atoms with E-state index in [0.717, 1.165) is 6.42 Å². The molecule has 74 valence electrons. The summed E-state index contributed by atoms with van der Waals surface area (Å²) in [5, 5.41) is 13.9. The minimum absolute atomic E-state index is 0.0458. The molecular formula is C9H17N3O. The average Bonchev–Trinajstić information content (AvgIpc) is 2.14. The Labute approximate surface area is 79.3 Å². The zero-order valence-corrected chi connectivity index (χ0v) is 8.26. The molecule has 0 aliphatic heterocycles. The predicted octanol–water partition coefficient (Wildman–Crippen LogP) is 0.404. The molecule has 4 heteroatoms. The van der Waals surface area contributed by atoms with Gasteiger partial charge in [-0.3, -0.25) is 4.79 Å². The van der Waals surface area contributed by atoms with Gasteiger partial charge >= 0.3 is 0 Å². The summed E-state index contributed by atoms with van der Waals surface area (Å²) in [5.74, 6) is -0.0458. The molecule has 4 nitrogen and oxygen atoms in total. The van der Waals surface area contributed by atoms with Crippen molar-refractivity contribution in [2.45, 2.75) is 32.7 Å². The maximum atomic E-state index is 11.1. The standard InChI is InChI=1S/C9H17N3O/c1-3-8(2)12-7-9(13)11-6-4-5-10/h8,12H,3-4,6-7H2,1-2H3,(H,11,13). The lowest BCUT2D eigenvalue weighted by Crippen LogP contribution is -2.38. The van der Waals surface area contributed by atoms with Gasteiger partial charge < -0.3 is 10.6 Å². The fraction of sp³-hybridized carbons (Fsp3) is 0.778. The van der Waals surface area contributed by atoms with Gasteiger partial charge in [-0.15, -0.1) is 0 Å². The number of nitriles is 1. The Kier molecular flexibility index (Phi) is 6.93. The summed E-state index contributed by atoms with van der Waals surface area (Å²) in [6.45, 7) is 4.87. The molecule has 0 bridgehead atoms. The van der Waals surface area contributed by atoms with E-state index in [1.165, 1.54) is 0 Å². The summed E-state index contributed by atoms with van der Waals surface area (Å²) < 4.78 is 0. The highest BCUT2D eigenvalue weighted by Gasteiger charge is 2.02. The van der Waals surface area contributed by atoms with Crippen molar-refractivity contribution in [3.63, 3.8) is 0 Å². The van der Waals surface area contributed by atoms with Gasteiger partial charge in [0.2, 0.25) is 5.91 Å². The molecular weight excluding hydrogens is 166 g/mol. The number of nitrogens with one attached hydrogen (secondary N) is 2. The first-order chi connectivity index (χ1) is 6.20. The van der Waals surface area contributed by atoms with Crippen LogP contribution in [-0.2, 0) is 4.79 Å². The highest BCUT2D eigenvalue weighted by atomic mass is 16.1. The molecule has 0 aliphatic carbocycles. The summed E-state index contributed by atoms with van der Waals surface area (Å²) in [4.78, 5) is 11.1. The Morgan fingerprint density at radius 1 is 1.62 bits per heavy atom. The van der Waals surface area contributed by atoms with E-state index in [-0.39, 0.29) is 5.91 Å². The molecule has 1 amide bonds. The fourth-order valence-electron chi connectivity index (χ4n) is 0.732. The number of hydrogen-bond acceptors (Lipinski definition) is 3. The van der Waals surface area contributed by atoms with E-state index in [9.17, 15) is 4.79 Å². The van der Waals surface area contributed by atoms with Crippen molar-refractivity contribution in [2.24, 2.45) is 0 Å². The average molecular weight is 183 g/mol. The van der Waals surface area contributed by atoms with Crippen LogP contribution in [0, 0.1) is 11.3 Å². The normalized spacial score (nSPS) is 11.8. The van der Waals surface area contributed by atoms with E-state index in [1.54, 1.807) is 0 Å². The van der Waals surface area contributed by atoms with Gasteiger partial charge in [0, 0.05) is 12.6 Å². The summed E-state index contributed by atoms with van der Waals surface area (Å²) in [6, 6.07) is 2.33. The molecule has 0 spiro atoms. The molecule has 1 atom stereocenters. The van der Waals surface area contributed by atoms with Gasteiger partial charge in [0.25, 0.3) is 0 Å². The van der Waals surface area contributed by atoms with Crippen LogP contribution in [0.2, 0.25) is 0 Å². The van der Waals surface area contributed by atoms with Crippen LogP contribution in [0.15, 0.2) is 0 Å². The first-order valence-electron chi connectivity index (χ1n) is 4.57. The van der Waals surface area contributed by atoms with E-state index in [4.69, 9.17) is 5.26 Å².